The highest BCUT2D eigenvalue weighted by molar-refractivity contribution is 5.91. The lowest BCUT2D eigenvalue weighted by atomic mass is 9.82. The van der Waals surface area contributed by atoms with E-state index in [-0.39, 0.29) is 17.7 Å². The minimum atomic E-state index is -0.624. The van der Waals surface area contributed by atoms with Gasteiger partial charge >= 0.3 is 5.97 Å². The molecule has 0 radical (unpaired) electrons. The van der Waals surface area contributed by atoms with E-state index in [1.165, 1.54) is 0 Å². The first kappa shape index (κ1) is 16.3. The normalized spacial score (nSPS) is 19.4. The predicted octanol–water partition coefficient (Wildman–Crippen LogP) is 2.80. The molecule has 0 saturated heterocycles. The number of rotatable bonds is 6. The van der Waals surface area contributed by atoms with Crippen LogP contribution in [0.4, 0.5) is 5.69 Å². The van der Waals surface area contributed by atoms with Crippen molar-refractivity contribution in [2.75, 3.05) is 19.0 Å². The van der Waals surface area contributed by atoms with E-state index in [9.17, 15) is 9.59 Å². The van der Waals surface area contributed by atoms with Crippen LogP contribution in [0.1, 0.15) is 32.6 Å². The lowest BCUT2D eigenvalue weighted by molar-refractivity contribution is -0.147. The number of Topliss-reactive ketones (excluding diaryl/α,β-unsaturated/α-hetero) is 1. The van der Waals surface area contributed by atoms with Gasteiger partial charge in [-0.3, -0.25) is 4.79 Å². The molecule has 120 valence electrons. The molecule has 0 amide bonds. The molecule has 1 aliphatic carbocycles. The molecule has 5 heteroatoms. The zero-order valence-electron chi connectivity index (χ0n) is 13.1. The van der Waals surface area contributed by atoms with Crippen molar-refractivity contribution in [3.8, 4) is 5.75 Å². The minimum absolute atomic E-state index is 0.144. The maximum absolute atomic E-state index is 12.3. The van der Waals surface area contributed by atoms with Crippen LogP contribution in [0.15, 0.2) is 24.3 Å². The second kappa shape index (κ2) is 7.82. The Kier molecular flexibility index (Phi) is 5.81. The zero-order chi connectivity index (χ0) is 15.9. The number of nitrogens with one attached hydrogen (secondary N) is 1. The first-order chi connectivity index (χ1) is 10.7. The molecule has 1 fully saturated rings. The number of methoxy groups -OCH3 is 1. The van der Waals surface area contributed by atoms with Gasteiger partial charge < -0.3 is 14.8 Å². The van der Waals surface area contributed by atoms with Crippen LogP contribution in [0.2, 0.25) is 0 Å². The standard InChI is InChI=1S/C17H23NO4/c1-3-22-17(20)16(14-6-4-5-7-15(14)19)18-12-8-10-13(21-2)11-9-12/h8-11,14,16,18H,3-7H2,1-2H3/t14-,16+/m0/s1. The smallest absolute Gasteiger partial charge is 0.329 e. The molecule has 1 aliphatic rings. The number of esters is 1. The fraction of sp³-hybridized carbons (Fsp3) is 0.529. The van der Waals surface area contributed by atoms with E-state index in [1.54, 1.807) is 14.0 Å². The summed E-state index contributed by atoms with van der Waals surface area (Å²) in [7, 11) is 1.60. The van der Waals surface area contributed by atoms with Crippen LogP contribution < -0.4 is 10.1 Å². The summed E-state index contributed by atoms with van der Waals surface area (Å²) in [6.45, 7) is 2.07. The van der Waals surface area contributed by atoms with Crippen LogP contribution in [0.3, 0.4) is 0 Å². The van der Waals surface area contributed by atoms with Crippen LogP contribution in [-0.4, -0.2) is 31.5 Å². The number of benzene rings is 1. The third-order valence-electron chi connectivity index (χ3n) is 3.96. The summed E-state index contributed by atoms with van der Waals surface area (Å²) < 4.78 is 10.3. The molecule has 0 spiro atoms. The van der Waals surface area contributed by atoms with E-state index in [4.69, 9.17) is 9.47 Å². The number of ketones is 1. The molecule has 0 aliphatic heterocycles. The number of hydrogen-bond acceptors (Lipinski definition) is 5. The summed E-state index contributed by atoms with van der Waals surface area (Å²) in [5, 5.41) is 3.16. The van der Waals surface area contributed by atoms with Crippen LogP contribution in [0.5, 0.6) is 5.75 Å². The lowest BCUT2D eigenvalue weighted by Gasteiger charge is -2.29. The average Bonchev–Trinajstić information content (AvgIpc) is 2.54. The second-order valence-electron chi connectivity index (χ2n) is 5.42. The molecular weight excluding hydrogens is 282 g/mol. The van der Waals surface area contributed by atoms with Crippen molar-refractivity contribution < 1.29 is 19.1 Å². The van der Waals surface area contributed by atoms with Crippen molar-refractivity contribution in [1.82, 2.24) is 0 Å². The van der Waals surface area contributed by atoms with Crippen molar-refractivity contribution >= 4 is 17.4 Å². The van der Waals surface area contributed by atoms with E-state index >= 15 is 0 Å². The molecule has 2 rings (SSSR count). The highest BCUT2D eigenvalue weighted by Gasteiger charge is 2.35. The van der Waals surface area contributed by atoms with Gasteiger partial charge in [0.25, 0.3) is 0 Å². The van der Waals surface area contributed by atoms with Gasteiger partial charge in [0.2, 0.25) is 0 Å². The molecule has 22 heavy (non-hydrogen) atoms. The first-order valence-corrected chi connectivity index (χ1v) is 7.75. The number of carbonyl (C=O) groups is 2. The van der Waals surface area contributed by atoms with Crippen molar-refractivity contribution in [2.24, 2.45) is 5.92 Å². The van der Waals surface area contributed by atoms with Crippen LogP contribution in [0.25, 0.3) is 0 Å². The summed E-state index contributed by atoms with van der Waals surface area (Å²) in [4.78, 5) is 24.4. The number of anilines is 1. The van der Waals surface area contributed by atoms with Crippen molar-refractivity contribution in [1.29, 1.82) is 0 Å². The third kappa shape index (κ3) is 4.00. The average molecular weight is 305 g/mol. The van der Waals surface area contributed by atoms with E-state index in [0.717, 1.165) is 30.7 Å². The summed E-state index contributed by atoms with van der Waals surface area (Å²) in [5.74, 6) is 0.214. The van der Waals surface area contributed by atoms with E-state index in [2.05, 4.69) is 5.32 Å². The Morgan fingerprint density at radius 3 is 2.64 bits per heavy atom. The lowest BCUT2D eigenvalue weighted by Crippen LogP contribution is -2.43. The topological polar surface area (TPSA) is 64.6 Å². The largest absolute Gasteiger partial charge is 0.497 e. The van der Waals surface area contributed by atoms with E-state index in [1.807, 2.05) is 24.3 Å². The monoisotopic (exact) mass is 305 g/mol. The molecule has 1 N–H and O–H groups in total. The van der Waals surface area contributed by atoms with E-state index < -0.39 is 6.04 Å². The number of carbonyl (C=O) groups excluding carboxylic acids is 2. The predicted molar refractivity (Wildman–Crippen MR) is 84.0 cm³/mol. The Hall–Kier alpha value is -2.04. The SMILES string of the molecule is CCOC(=O)[C@H](Nc1ccc(OC)cc1)[C@H]1CCCCC1=O. The van der Waals surface area contributed by atoms with Crippen LogP contribution >= 0.6 is 0 Å². The fourth-order valence-electron chi connectivity index (χ4n) is 2.79. The van der Waals surface area contributed by atoms with Gasteiger partial charge in [-0.2, -0.15) is 0 Å². The second-order valence-corrected chi connectivity index (χ2v) is 5.42. The van der Waals surface area contributed by atoms with Gasteiger partial charge in [-0.15, -0.1) is 0 Å². The Balaban J connectivity index is 2.15. The molecular formula is C17H23NO4. The molecule has 0 unspecified atom stereocenters. The zero-order valence-corrected chi connectivity index (χ0v) is 13.1. The quantitative estimate of drug-likeness (QED) is 0.819. The van der Waals surface area contributed by atoms with Crippen molar-refractivity contribution in [3.05, 3.63) is 24.3 Å². The van der Waals surface area contributed by atoms with Crippen LogP contribution in [0, 0.1) is 5.92 Å². The highest BCUT2D eigenvalue weighted by atomic mass is 16.5. The maximum Gasteiger partial charge on any atom is 0.329 e. The van der Waals surface area contributed by atoms with Gasteiger partial charge in [0, 0.05) is 18.0 Å². The molecule has 0 aromatic heterocycles. The summed E-state index contributed by atoms with van der Waals surface area (Å²) >= 11 is 0. The Morgan fingerprint density at radius 1 is 1.32 bits per heavy atom. The fourth-order valence-corrected chi connectivity index (χ4v) is 2.79. The number of hydrogen-bond donors (Lipinski definition) is 1. The highest BCUT2D eigenvalue weighted by Crippen LogP contribution is 2.27. The van der Waals surface area contributed by atoms with Gasteiger partial charge in [0.1, 0.15) is 17.6 Å². The Bertz CT molecular complexity index is 512. The first-order valence-electron chi connectivity index (χ1n) is 7.75. The molecule has 2 atom stereocenters. The number of ether oxygens (including phenoxy) is 2. The molecule has 1 saturated carbocycles. The molecule has 1 aromatic carbocycles. The molecule has 0 heterocycles. The van der Waals surface area contributed by atoms with Gasteiger partial charge in [-0.1, -0.05) is 6.42 Å². The van der Waals surface area contributed by atoms with E-state index in [0.29, 0.717) is 13.0 Å². The van der Waals surface area contributed by atoms with Gasteiger partial charge in [-0.25, -0.2) is 4.79 Å². The van der Waals surface area contributed by atoms with Crippen LogP contribution in [-0.2, 0) is 14.3 Å². The van der Waals surface area contributed by atoms with Crippen molar-refractivity contribution in [2.45, 2.75) is 38.6 Å². The summed E-state index contributed by atoms with van der Waals surface area (Å²) in [6, 6.07) is 6.66. The Labute approximate surface area is 131 Å². The van der Waals surface area contributed by atoms with Gasteiger partial charge in [-0.05, 0) is 44.0 Å². The summed E-state index contributed by atoms with van der Waals surface area (Å²) in [5.41, 5.74) is 0.775. The minimum Gasteiger partial charge on any atom is -0.497 e. The third-order valence-corrected chi connectivity index (χ3v) is 3.96. The maximum atomic E-state index is 12.3. The molecule has 1 aromatic rings. The summed E-state index contributed by atoms with van der Waals surface area (Å²) in [6.07, 6.45) is 3.15. The molecule has 0 bridgehead atoms. The van der Waals surface area contributed by atoms with Gasteiger partial charge in [0.15, 0.2) is 0 Å². The molecule has 5 nitrogen and oxygen atoms in total. The van der Waals surface area contributed by atoms with Gasteiger partial charge in [0.05, 0.1) is 13.7 Å². The van der Waals surface area contributed by atoms with Crippen molar-refractivity contribution in [3.63, 3.8) is 0 Å². The Morgan fingerprint density at radius 2 is 2.05 bits per heavy atom.